The van der Waals surface area contributed by atoms with Gasteiger partial charge in [0.05, 0.1) is 0 Å². The maximum absolute atomic E-state index is 12.7. The van der Waals surface area contributed by atoms with Crippen LogP contribution in [0.25, 0.3) is 0 Å². The molecule has 0 spiro atoms. The Labute approximate surface area is 77.6 Å². The molecular weight excluding hydrogens is 169 g/mol. The van der Waals surface area contributed by atoms with Crippen LogP contribution in [0.15, 0.2) is 12.4 Å². The molecule has 0 aromatic carbocycles. The molecule has 0 amide bonds. The molecule has 0 atom stereocenters. The van der Waals surface area contributed by atoms with E-state index in [0.29, 0.717) is 5.82 Å². The molecule has 1 aromatic heterocycles. The van der Waals surface area contributed by atoms with Gasteiger partial charge in [-0.1, -0.05) is 6.92 Å². The molecule has 0 fully saturated rings. The summed E-state index contributed by atoms with van der Waals surface area (Å²) in [7, 11) is 0. The second kappa shape index (κ2) is 4.74. The fourth-order valence-corrected chi connectivity index (χ4v) is 1.20. The second-order valence-electron chi connectivity index (χ2n) is 2.78. The number of hydrogen-bond donors (Lipinski definition) is 0. The summed E-state index contributed by atoms with van der Waals surface area (Å²) in [6.07, 6.45) is 2.28. The van der Waals surface area contributed by atoms with Crippen LogP contribution in [0.3, 0.4) is 0 Å². The zero-order valence-corrected chi connectivity index (χ0v) is 8.00. The normalized spacial score (nSPS) is 10.1. The van der Waals surface area contributed by atoms with Crippen molar-refractivity contribution in [2.75, 3.05) is 18.0 Å². The molecule has 72 valence electrons. The van der Waals surface area contributed by atoms with Crippen molar-refractivity contribution in [1.82, 2.24) is 9.97 Å². The van der Waals surface area contributed by atoms with Crippen LogP contribution in [0.1, 0.15) is 20.3 Å². The van der Waals surface area contributed by atoms with Gasteiger partial charge in [0.25, 0.3) is 0 Å². The van der Waals surface area contributed by atoms with Crippen LogP contribution in [0.5, 0.6) is 0 Å². The summed E-state index contributed by atoms with van der Waals surface area (Å²) in [5, 5.41) is 0. The van der Waals surface area contributed by atoms with Gasteiger partial charge in [0.15, 0.2) is 0 Å². The largest absolute Gasteiger partial charge is 0.357 e. The third-order valence-corrected chi connectivity index (χ3v) is 1.82. The molecule has 3 nitrogen and oxygen atoms in total. The van der Waals surface area contributed by atoms with Crippen molar-refractivity contribution in [3.63, 3.8) is 0 Å². The van der Waals surface area contributed by atoms with E-state index in [1.54, 1.807) is 0 Å². The quantitative estimate of drug-likeness (QED) is 0.667. The Hall–Kier alpha value is -1.19. The smallest absolute Gasteiger partial charge is 0.218 e. The lowest BCUT2D eigenvalue weighted by Gasteiger charge is -2.20. The van der Waals surface area contributed by atoms with Crippen LogP contribution in [0, 0.1) is 5.95 Å². The Bertz CT molecular complexity index is 265. The van der Waals surface area contributed by atoms with Gasteiger partial charge in [0.1, 0.15) is 12.1 Å². The van der Waals surface area contributed by atoms with E-state index < -0.39 is 5.95 Å². The summed E-state index contributed by atoms with van der Waals surface area (Å²) in [4.78, 5) is 9.43. The minimum Gasteiger partial charge on any atom is -0.357 e. The third kappa shape index (κ3) is 2.65. The standard InChI is InChI=1S/C9H14FN3/c1-3-5-13(4-2)9-6-8(10)11-7-12-9/h6-7H,3-5H2,1-2H3. The highest BCUT2D eigenvalue weighted by Gasteiger charge is 2.05. The molecule has 0 aliphatic heterocycles. The highest BCUT2D eigenvalue weighted by molar-refractivity contribution is 5.36. The summed E-state index contributed by atoms with van der Waals surface area (Å²) in [6, 6.07) is 1.36. The van der Waals surface area contributed by atoms with E-state index in [4.69, 9.17) is 0 Å². The minimum atomic E-state index is -0.473. The topological polar surface area (TPSA) is 29.0 Å². The first kappa shape index (κ1) is 9.89. The zero-order chi connectivity index (χ0) is 9.68. The molecule has 0 bridgehead atoms. The molecule has 4 heteroatoms. The first-order valence-corrected chi connectivity index (χ1v) is 4.50. The number of anilines is 1. The van der Waals surface area contributed by atoms with Crippen LogP contribution in [0.2, 0.25) is 0 Å². The van der Waals surface area contributed by atoms with Crippen LogP contribution in [0.4, 0.5) is 10.2 Å². The Morgan fingerprint density at radius 1 is 1.38 bits per heavy atom. The second-order valence-corrected chi connectivity index (χ2v) is 2.78. The lowest BCUT2D eigenvalue weighted by molar-refractivity contribution is 0.577. The Kier molecular flexibility index (Phi) is 3.61. The average Bonchev–Trinajstić information content (AvgIpc) is 2.14. The van der Waals surface area contributed by atoms with Crippen molar-refractivity contribution >= 4 is 5.82 Å². The Balaban J connectivity index is 2.78. The van der Waals surface area contributed by atoms with E-state index in [1.807, 2.05) is 11.8 Å². The molecule has 0 N–H and O–H groups in total. The molecule has 1 rings (SSSR count). The SMILES string of the molecule is CCCN(CC)c1cc(F)ncn1. The van der Waals surface area contributed by atoms with Gasteiger partial charge in [-0.25, -0.2) is 9.97 Å². The average molecular weight is 183 g/mol. The zero-order valence-electron chi connectivity index (χ0n) is 8.00. The van der Waals surface area contributed by atoms with E-state index in [-0.39, 0.29) is 0 Å². The molecule has 0 saturated heterocycles. The number of rotatable bonds is 4. The number of nitrogens with zero attached hydrogens (tertiary/aromatic N) is 3. The minimum absolute atomic E-state index is 0.473. The number of halogens is 1. The van der Waals surface area contributed by atoms with Crippen molar-refractivity contribution in [3.05, 3.63) is 18.3 Å². The molecular formula is C9H14FN3. The summed E-state index contributed by atoms with van der Waals surface area (Å²) >= 11 is 0. The van der Waals surface area contributed by atoms with Gasteiger partial charge in [0.2, 0.25) is 5.95 Å². The number of aromatic nitrogens is 2. The third-order valence-electron chi connectivity index (χ3n) is 1.82. The fraction of sp³-hybridized carbons (Fsp3) is 0.556. The maximum Gasteiger partial charge on any atom is 0.218 e. The van der Waals surface area contributed by atoms with E-state index in [0.717, 1.165) is 19.5 Å². The fourth-order valence-electron chi connectivity index (χ4n) is 1.20. The summed E-state index contributed by atoms with van der Waals surface area (Å²) in [6.45, 7) is 5.84. The first-order valence-electron chi connectivity index (χ1n) is 4.50. The van der Waals surface area contributed by atoms with E-state index in [9.17, 15) is 4.39 Å². The number of hydrogen-bond acceptors (Lipinski definition) is 3. The molecule has 0 aliphatic carbocycles. The highest BCUT2D eigenvalue weighted by Crippen LogP contribution is 2.09. The Morgan fingerprint density at radius 3 is 2.69 bits per heavy atom. The van der Waals surface area contributed by atoms with Crippen molar-refractivity contribution in [3.8, 4) is 0 Å². The summed E-state index contributed by atoms with van der Waals surface area (Å²) in [5.74, 6) is 0.191. The van der Waals surface area contributed by atoms with Gasteiger partial charge in [-0.15, -0.1) is 0 Å². The Morgan fingerprint density at radius 2 is 2.15 bits per heavy atom. The van der Waals surface area contributed by atoms with Crippen molar-refractivity contribution in [2.24, 2.45) is 0 Å². The molecule has 13 heavy (non-hydrogen) atoms. The van der Waals surface area contributed by atoms with E-state index in [2.05, 4.69) is 16.9 Å². The van der Waals surface area contributed by atoms with Crippen molar-refractivity contribution < 1.29 is 4.39 Å². The van der Waals surface area contributed by atoms with E-state index in [1.165, 1.54) is 12.4 Å². The van der Waals surface area contributed by atoms with Crippen LogP contribution < -0.4 is 4.90 Å². The van der Waals surface area contributed by atoms with Crippen LogP contribution in [-0.2, 0) is 0 Å². The van der Waals surface area contributed by atoms with Crippen LogP contribution in [-0.4, -0.2) is 23.1 Å². The lowest BCUT2D eigenvalue weighted by Crippen LogP contribution is -2.24. The molecule has 1 aromatic rings. The van der Waals surface area contributed by atoms with Gasteiger partial charge in [-0.3, -0.25) is 0 Å². The molecule has 0 unspecified atom stereocenters. The van der Waals surface area contributed by atoms with Gasteiger partial charge < -0.3 is 4.90 Å². The van der Waals surface area contributed by atoms with Crippen LogP contribution >= 0.6 is 0 Å². The molecule has 0 saturated carbocycles. The highest BCUT2D eigenvalue weighted by atomic mass is 19.1. The van der Waals surface area contributed by atoms with Crippen molar-refractivity contribution in [2.45, 2.75) is 20.3 Å². The predicted molar refractivity (Wildman–Crippen MR) is 50.2 cm³/mol. The molecule has 0 aliphatic rings. The maximum atomic E-state index is 12.7. The summed E-state index contributed by atoms with van der Waals surface area (Å²) in [5.41, 5.74) is 0. The lowest BCUT2D eigenvalue weighted by atomic mass is 10.4. The van der Waals surface area contributed by atoms with Gasteiger partial charge >= 0.3 is 0 Å². The predicted octanol–water partition coefficient (Wildman–Crippen LogP) is 1.85. The molecule has 1 heterocycles. The van der Waals surface area contributed by atoms with Gasteiger partial charge in [-0.2, -0.15) is 4.39 Å². The van der Waals surface area contributed by atoms with Gasteiger partial charge in [-0.05, 0) is 13.3 Å². The molecule has 0 radical (unpaired) electrons. The first-order chi connectivity index (χ1) is 6.27. The van der Waals surface area contributed by atoms with E-state index >= 15 is 0 Å². The van der Waals surface area contributed by atoms with Gasteiger partial charge in [0, 0.05) is 19.2 Å². The summed E-state index contributed by atoms with van der Waals surface area (Å²) < 4.78 is 12.7. The monoisotopic (exact) mass is 183 g/mol. The van der Waals surface area contributed by atoms with Crippen molar-refractivity contribution in [1.29, 1.82) is 0 Å².